The van der Waals surface area contributed by atoms with Crippen molar-refractivity contribution in [2.24, 2.45) is 0 Å². The first-order valence-corrected chi connectivity index (χ1v) is 4.98. The molecule has 2 aromatic carbocycles. The van der Waals surface area contributed by atoms with Crippen LogP contribution in [0.1, 0.15) is 5.56 Å². The van der Waals surface area contributed by atoms with Crippen LogP contribution in [0.2, 0.25) is 0 Å². The standard InChI is InChI=1S/C13H11N2O/c1-10-6-8-11(9-7-10)16-13-5-3-2-4-12(13)15-14/h2-9H,1H3/q+1. The first kappa shape index (κ1) is 10.2. The summed E-state index contributed by atoms with van der Waals surface area (Å²) in [6.07, 6.45) is 0. The number of hydrogen-bond donors (Lipinski definition) is 0. The minimum Gasteiger partial charge on any atom is -0.449 e. The molecule has 78 valence electrons. The Hall–Kier alpha value is -2.34. The lowest BCUT2D eigenvalue weighted by Gasteiger charge is -2.03. The van der Waals surface area contributed by atoms with E-state index in [1.54, 1.807) is 18.2 Å². The van der Waals surface area contributed by atoms with Crippen LogP contribution in [0, 0.1) is 12.3 Å². The topological polar surface area (TPSA) is 37.4 Å². The Morgan fingerprint density at radius 2 is 1.69 bits per heavy atom. The van der Waals surface area contributed by atoms with Crippen molar-refractivity contribution in [3.8, 4) is 11.5 Å². The zero-order chi connectivity index (χ0) is 11.4. The molecule has 0 unspecified atom stereocenters. The minimum absolute atomic E-state index is 0.420. The van der Waals surface area contributed by atoms with Gasteiger partial charge in [-0.2, -0.15) is 0 Å². The van der Waals surface area contributed by atoms with Gasteiger partial charge in [-0.05, 0) is 25.1 Å². The lowest BCUT2D eigenvalue weighted by molar-refractivity contribution is 0.485. The quantitative estimate of drug-likeness (QED) is 0.695. The highest BCUT2D eigenvalue weighted by Crippen LogP contribution is 2.31. The number of benzene rings is 2. The molecule has 0 N–H and O–H groups in total. The van der Waals surface area contributed by atoms with Crippen LogP contribution in [0.3, 0.4) is 0 Å². The van der Waals surface area contributed by atoms with Gasteiger partial charge >= 0.3 is 5.69 Å². The summed E-state index contributed by atoms with van der Waals surface area (Å²) in [6.45, 7) is 2.01. The second-order valence-electron chi connectivity index (χ2n) is 3.48. The number of rotatable bonds is 2. The van der Waals surface area contributed by atoms with Gasteiger partial charge in [0.05, 0.1) is 0 Å². The Kier molecular flexibility index (Phi) is 2.84. The molecular weight excluding hydrogens is 200 g/mol. The van der Waals surface area contributed by atoms with Crippen molar-refractivity contribution in [2.75, 3.05) is 0 Å². The number of ether oxygens (including phenoxy) is 1. The fourth-order valence-corrected chi connectivity index (χ4v) is 1.36. The Morgan fingerprint density at radius 3 is 2.38 bits per heavy atom. The Balaban J connectivity index is 2.27. The molecule has 0 atom stereocenters. The Morgan fingerprint density at radius 1 is 1.00 bits per heavy atom. The van der Waals surface area contributed by atoms with E-state index in [1.807, 2.05) is 37.3 Å². The summed E-state index contributed by atoms with van der Waals surface area (Å²) in [5.74, 6) is 1.26. The van der Waals surface area contributed by atoms with Crippen LogP contribution in [0.5, 0.6) is 11.5 Å². The van der Waals surface area contributed by atoms with Crippen LogP contribution >= 0.6 is 0 Å². The number of hydrogen-bond acceptors (Lipinski definition) is 2. The van der Waals surface area contributed by atoms with Gasteiger partial charge in [-0.1, -0.05) is 29.8 Å². The van der Waals surface area contributed by atoms with Crippen LogP contribution < -0.4 is 4.74 Å². The van der Waals surface area contributed by atoms with Gasteiger partial charge in [-0.15, -0.1) is 0 Å². The van der Waals surface area contributed by atoms with Gasteiger partial charge in [0.2, 0.25) is 11.1 Å². The summed E-state index contributed by atoms with van der Waals surface area (Å²) < 4.78 is 5.60. The molecule has 0 bridgehead atoms. The van der Waals surface area contributed by atoms with Crippen LogP contribution in [0.15, 0.2) is 48.5 Å². The predicted octanol–water partition coefficient (Wildman–Crippen LogP) is 4.27. The summed E-state index contributed by atoms with van der Waals surface area (Å²) in [5.41, 5.74) is 1.59. The second-order valence-corrected chi connectivity index (χ2v) is 3.48. The zero-order valence-corrected chi connectivity index (χ0v) is 8.92. The molecule has 3 heteroatoms. The molecule has 0 aromatic heterocycles. The molecule has 0 aliphatic carbocycles. The first-order valence-electron chi connectivity index (χ1n) is 4.98. The van der Waals surface area contributed by atoms with E-state index >= 15 is 0 Å². The van der Waals surface area contributed by atoms with Crippen LogP contribution in [-0.2, 0) is 0 Å². The van der Waals surface area contributed by atoms with Gasteiger partial charge in [-0.3, -0.25) is 0 Å². The van der Waals surface area contributed by atoms with E-state index in [4.69, 9.17) is 10.1 Å². The molecule has 16 heavy (non-hydrogen) atoms. The molecule has 3 nitrogen and oxygen atoms in total. The number of aryl methyl sites for hydroxylation is 1. The van der Waals surface area contributed by atoms with E-state index in [0.717, 1.165) is 5.75 Å². The minimum atomic E-state index is 0.420. The normalized spacial score (nSPS) is 9.50. The number of para-hydroxylation sites is 1. The van der Waals surface area contributed by atoms with Crippen LogP contribution in [0.4, 0.5) is 5.69 Å². The summed E-state index contributed by atoms with van der Waals surface area (Å²) >= 11 is 0. The molecule has 0 heterocycles. The first-order chi connectivity index (χ1) is 7.79. The molecule has 2 aromatic rings. The third-order valence-electron chi connectivity index (χ3n) is 2.22. The molecule has 0 saturated carbocycles. The lowest BCUT2D eigenvalue weighted by Crippen LogP contribution is -1.84. The third-order valence-corrected chi connectivity index (χ3v) is 2.22. The fourth-order valence-electron chi connectivity index (χ4n) is 1.36. The van der Waals surface area contributed by atoms with Gasteiger partial charge in [0.1, 0.15) is 5.75 Å². The highest BCUT2D eigenvalue weighted by Gasteiger charge is 2.13. The van der Waals surface area contributed by atoms with Crippen molar-refractivity contribution in [3.05, 3.63) is 59.1 Å². The molecular formula is C13H11N2O+. The molecule has 0 amide bonds. The molecule has 0 aliphatic heterocycles. The molecule has 0 radical (unpaired) electrons. The maximum atomic E-state index is 8.79. The largest absolute Gasteiger partial charge is 0.449 e. The van der Waals surface area contributed by atoms with E-state index < -0.39 is 0 Å². The van der Waals surface area contributed by atoms with Gasteiger partial charge < -0.3 is 4.74 Å². The second kappa shape index (κ2) is 4.45. The monoisotopic (exact) mass is 211 g/mol. The Labute approximate surface area is 93.9 Å². The highest BCUT2D eigenvalue weighted by atomic mass is 16.5. The van der Waals surface area contributed by atoms with Gasteiger partial charge in [0.25, 0.3) is 0 Å². The summed E-state index contributed by atoms with van der Waals surface area (Å²) in [4.78, 5) is 3.16. The van der Waals surface area contributed by atoms with Crippen molar-refractivity contribution in [1.82, 2.24) is 0 Å². The van der Waals surface area contributed by atoms with Gasteiger partial charge in [0.15, 0.2) is 4.98 Å². The average molecular weight is 211 g/mol. The fraction of sp³-hybridized carbons (Fsp3) is 0.0769. The number of nitrogens with zero attached hydrogens (tertiary/aromatic N) is 2. The molecule has 0 saturated heterocycles. The maximum Gasteiger partial charge on any atom is 0.426 e. The van der Waals surface area contributed by atoms with E-state index in [0.29, 0.717) is 11.4 Å². The average Bonchev–Trinajstić information content (AvgIpc) is 2.33. The van der Waals surface area contributed by atoms with Crippen molar-refractivity contribution < 1.29 is 4.74 Å². The van der Waals surface area contributed by atoms with Gasteiger partial charge in [-0.25, -0.2) is 0 Å². The number of diazo groups is 1. The van der Waals surface area contributed by atoms with Crippen molar-refractivity contribution in [3.63, 3.8) is 0 Å². The highest BCUT2D eigenvalue weighted by molar-refractivity contribution is 5.57. The van der Waals surface area contributed by atoms with E-state index in [2.05, 4.69) is 4.98 Å². The molecule has 2 rings (SSSR count). The van der Waals surface area contributed by atoms with E-state index in [9.17, 15) is 0 Å². The molecule has 0 aliphatic rings. The Bertz CT molecular complexity index is 526. The van der Waals surface area contributed by atoms with Crippen molar-refractivity contribution >= 4 is 5.69 Å². The maximum absolute atomic E-state index is 8.79. The third kappa shape index (κ3) is 2.18. The molecule has 0 spiro atoms. The summed E-state index contributed by atoms with van der Waals surface area (Å²) in [5, 5.41) is 8.79. The summed E-state index contributed by atoms with van der Waals surface area (Å²) in [7, 11) is 0. The predicted molar refractivity (Wildman–Crippen MR) is 62.4 cm³/mol. The van der Waals surface area contributed by atoms with Gasteiger partial charge in [0, 0.05) is 6.07 Å². The van der Waals surface area contributed by atoms with E-state index in [-0.39, 0.29) is 0 Å². The van der Waals surface area contributed by atoms with E-state index in [1.165, 1.54) is 5.56 Å². The summed E-state index contributed by atoms with van der Waals surface area (Å²) in [6, 6.07) is 14.8. The lowest BCUT2D eigenvalue weighted by atomic mass is 10.2. The van der Waals surface area contributed by atoms with Crippen LogP contribution in [-0.4, -0.2) is 0 Å². The SMILES string of the molecule is Cc1ccc(Oc2ccccc2[N+]#N)cc1. The van der Waals surface area contributed by atoms with Crippen molar-refractivity contribution in [1.29, 1.82) is 5.39 Å². The zero-order valence-electron chi connectivity index (χ0n) is 8.92. The molecule has 0 fully saturated rings. The smallest absolute Gasteiger partial charge is 0.426 e. The van der Waals surface area contributed by atoms with Crippen LogP contribution in [0.25, 0.3) is 4.98 Å². The van der Waals surface area contributed by atoms with Crippen molar-refractivity contribution in [2.45, 2.75) is 6.92 Å².